The van der Waals surface area contributed by atoms with Crippen LogP contribution in [0.25, 0.3) is 0 Å². The molecule has 7 nitrogen and oxygen atoms in total. The van der Waals surface area contributed by atoms with E-state index in [-0.39, 0.29) is 18.6 Å². The number of para-hydroxylation sites is 1. The molecule has 1 heterocycles. The van der Waals surface area contributed by atoms with Gasteiger partial charge in [0.2, 0.25) is 0 Å². The number of carbonyl (C=O) groups excluding carboxylic acids is 2. The average molecular weight is 473 g/mol. The van der Waals surface area contributed by atoms with Gasteiger partial charge in [-0.1, -0.05) is 49.7 Å². The van der Waals surface area contributed by atoms with Crippen LogP contribution in [0.3, 0.4) is 0 Å². The zero-order valence-electron chi connectivity index (χ0n) is 19.4. The molecule has 0 spiro atoms. The lowest BCUT2D eigenvalue weighted by molar-refractivity contribution is -0.143. The Hall–Kier alpha value is -3.19. The number of nitrogens with one attached hydrogen (secondary N) is 2. The highest BCUT2D eigenvalue weighted by Crippen LogP contribution is 2.40. The standard InChI is InChI=1S/C25H29ClN2O5/c1-14(2)21-20(24(29)33-15(3)4)22(28-25(30)27-21)18-10-7-11-19(31-5)23(18)32-13-16-8-6-9-17(26)12-16/h6-12,14-15,22H,13H2,1-5H3,(H2,27,28,30). The molecule has 1 unspecified atom stereocenters. The Morgan fingerprint density at radius 1 is 1.12 bits per heavy atom. The zero-order valence-corrected chi connectivity index (χ0v) is 20.2. The minimum Gasteiger partial charge on any atom is -0.493 e. The fraction of sp³-hybridized carbons (Fsp3) is 0.360. The lowest BCUT2D eigenvalue weighted by Crippen LogP contribution is -2.47. The molecule has 0 fully saturated rings. The van der Waals surface area contributed by atoms with Crippen LogP contribution in [0, 0.1) is 5.92 Å². The number of urea groups is 1. The van der Waals surface area contributed by atoms with Crippen LogP contribution in [-0.4, -0.2) is 25.2 Å². The Kier molecular flexibility index (Phi) is 7.87. The summed E-state index contributed by atoms with van der Waals surface area (Å²) in [5, 5.41) is 6.23. The number of rotatable bonds is 8. The second kappa shape index (κ2) is 10.6. The average Bonchev–Trinajstić information content (AvgIpc) is 2.76. The van der Waals surface area contributed by atoms with Crippen molar-refractivity contribution in [1.29, 1.82) is 0 Å². The Morgan fingerprint density at radius 2 is 1.85 bits per heavy atom. The highest BCUT2D eigenvalue weighted by atomic mass is 35.5. The maximum absolute atomic E-state index is 13.1. The van der Waals surface area contributed by atoms with Gasteiger partial charge < -0.3 is 24.8 Å². The van der Waals surface area contributed by atoms with Gasteiger partial charge in [-0.2, -0.15) is 0 Å². The van der Waals surface area contributed by atoms with Gasteiger partial charge in [0.1, 0.15) is 6.61 Å². The Morgan fingerprint density at radius 3 is 2.48 bits per heavy atom. The second-order valence-electron chi connectivity index (χ2n) is 8.26. The highest BCUT2D eigenvalue weighted by Gasteiger charge is 2.37. The number of carbonyl (C=O) groups is 2. The number of esters is 1. The van der Waals surface area contributed by atoms with Crippen LogP contribution >= 0.6 is 11.6 Å². The molecule has 0 aromatic heterocycles. The predicted octanol–water partition coefficient (Wildman–Crippen LogP) is 5.14. The summed E-state index contributed by atoms with van der Waals surface area (Å²) in [6, 6.07) is 11.5. The van der Waals surface area contributed by atoms with Gasteiger partial charge in [-0.15, -0.1) is 0 Å². The monoisotopic (exact) mass is 472 g/mol. The van der Waals surface area contributed by atoms with Crippen molar-refractivity contribution in [3.63, 3.8) is 0 Å². The number of allylic oxidation sites excluding steroid dienone is 1. The van der Waals surface area contributed by atoms with E-state index in [9.17, 15) is 9.59 Å². The van der Waals surface area contributed by atoms with E-state index in [4.69, 9.17) is 25.8 Å². The van der Waals surface area contributed by atoms with Crippen LogP contribution in [-0.2, 0) is 16.1 Å². The molecule has 0 radical (unpaired) electrons. The molecule has 0 aliphatic carbocycles. The normalized spacial score (nSPS) is 15.9. The third kappa shape index (κ3) is 5.79. The first-order valence-corrected chi connectivity index (χ1v) is 11.2. The Bertz CT molecular complexity index is 1060. The zero-order chi connectivity index (χ0) is 24.1. The van der Waals surface area contributed by atoms with E-state index in [1.165, 1.54) is 7.11 Å². The summed E-state index contributed by atoms with van der Waals surface area (Å²) in [7, 11) is 1.54. The topological polar surface area (TPSA) is 85.9 Å². The van der Waals surface area contributed by atoms with E-state index >= 15 is 0 Å². The van der Waals surface area contributed by atoms with E-state index in [1.54, 1.807) is 38.1 Å². The first-order chi connectivity index (χ1) is 15.7. The lowest BCUT2D eigenvalue weighted by atomic mass is 9.90. The molecule has 33 heavy (non-hydrogen) atoms. The van der Waals surface area contributed by atoms with Gasteiger partial charge in [0.15, 0.2) is 11.5 Å². The van der Waals surface area contributed by atoms with E-state index in [1.807, 2.05) is 32.0 Å². The first-order valence-electron chi connectivity index (χ1n) is 10.8. The summed E-state index contributed by atoms with van der Waals surface area (Å²) in [5.41, 5.74) is 2.30. The van der Waals surface area contributed by atoms with Gasteiger partial charge in [-0.25, -0.2) is 9.59 Å². The summed E-state index contributed by atoms with van der Waals surface area (Å²) in [6.07, 6.45) is -0.319. The summed E-state index contributed by atoms with van der Waals surface area (Å²) >= 11 is 6.10. The molecule has 1 atom stereocenters. The maximum atomic E-state index is 13.1. The third-order valence-electron chi connectivity index (χ3n) is 5.05. The molecule has 0 saturated heterocycles. The second-order valence-corrected chi connectivity index (χ2v) is 8.70. The van der Waals surface area contributed by atoms with Crippen molar-refractivity contribution in [2.24, 2.45) is 5.92 Å². The lowest BCUT2D eigenvalue weighted by Gasteiger charge is -2.32. The van der Waals surface area contributed by atoms with Crippen molar-refractivity contribution in [2.75, 3.05) is 7.11 Å². The molecule has 0 bridgehead atoms. The highest BCUT2D eigenvalue weighted by molar-refractivity contribution is 6.30. The number of methoxy groups -OCH3 is 1. The molecule has 1 aliphatic rings. The minimum absolute atomic E-state index is 0.116. The van der Waals surface area contributed by atoms with Crippen molar-refractivity contribution >= 4 is 23.6 Å². The molecule has 2 aromatic carbocycles. The van der Waals surface area contributed by atoms with Crippen LogP contribution in [0.4, 0.5) is 4.79 Å². The number of halogens is 1. The molecule has 2 N–H and O–H groups in total. The Balaban J connectivity index is 2.09. The van der Waals surface area contributed by atoms with Gasteiger partial charge in [0.05, 0.1) is 24.8 Å². The van der Waals surface area contributed by atoms with E-state index in [2.05, 4.69) is 10.6 Å². The summed E-state index contributed by atoms with van der Waals surface area (Å²) in [5.74, 6) is 0.277. The molecule has 3 rings (SSSR count). The smallest absolute Gasteiger partial charge is 0.338 e. The number of ether oxygens (including phenoxy) is 3. The number of benzene rings is 2. The van der Waals surface area contributed by atoms with E-state index in [0.29, 0.717) is 33.4 Å². The molecule has 176 valence electrons. The van der Waals surface area contributed by atoms with Crippen molar-refractivity contribution in [2.45, 2.75) is 46.4 Å². The quantitative estimate of drug-likeness (QED) is 0.519. The van der Waals surface area contributed by atoms with Gasteiger partial charge in [-0.05, 0) is 43.5 Å². The fourth-order valence-corrected chi connectivity index (χ4v) is 3.85. The van der Waals surface area contributed by atoms with Crippen LogP contribution in [0.15, 0.2) is 53.7 Å². The van der Waals surface area contributed by atoms with Gasteiger partial charge >= 0.3 is 12.0 Å². The summed E-state index contributed by atoms with van der Waals surface area (Å²) in [4.78, 5) is 25.7. The number of amides is 2. The maximum Gasteiger partial charge on any atom is 0.338 e. The third-order valence-corrected chi connectivity index (χ3v) is 5.29. The minimum atomic E-state index is -0.785. The molecular weight excluding hydrogens is 444 g/mol. The number of hydrogen-bond donors (Lipinski definition) is 2. The molecule has 1 aliphatic heterocycles. The molecular formula is C25H29ClN2O5. The van der Waals surface area contributed by atoms with E-state index < -0.39 is 18.0 Å². The summed E-state index contributed by atoms with van der Waals surface area (Å²) in [6.45, 7) is 7.59. The fourth-order valence-electron chi connectivity index (χ4n) is 3.64. The van der Waals surface area contributed by atoms with Gasteiger partial charge in [-0.3, -0.25) is 0 Å². The number of hydrogen-bond acceptors (Lipinski definition) is 5. The van der Waals surface area contributed by atoms with Gasteiger partial charge in [0, 0.05) is 16.3 Å². The van der Waals surface area contributed by atoms with E-state index in [0.717, 1.165) is 5.56 Å². The van der Waals surface area contributed by atoms with Crippen LogP contribution in [0.5, 0.6) is 11.5 Å². The van der Waals surface area contributed by atoms with Crippen molar-refractivity contribution in [1.82, 2.24) is 10.6 Å². The van der Waals surface area contributed by atoms with Crippen molar-refractivity contribution < 1.29 is 23.8 Å². The largest absolute Gasteiger partial charge is 0.493 e. The van der Waals surface area contributed by atoms with Crippen molar-refractivity contribution in [3.05, 3.63) is 69.9 Å². The molecule has 2 amide bonds. The predicted molar refractivity (Wildman–Crippen MR) is 126 cm³/mol. The van der Waals surface area contributed by atoms with Gasteiger partial charge in [0.25, 0.3) is 0 Å². The Labute approximate surface area is 199 Å². The van der Waals surface area contributed by atoms with Crippen LogP contribution in [0.1, 0.15) is 44.9 Å². The van der Waals surface area contributed by atoms with Crippen LogP contribution < -0.4 is 20.1 Å². The first kappa shape index (κ1) is 24.5. The molecule has 8 heteroatoms. The van der Waals surface area contributed by atoms with Crippen molar-refractivity contribution in [3.8, 4) is 11.5 Å². The molecule has 0 saturated carbocycles. The molecule has 2 aromatic rings. The SMILES string of the molecule is COc1cccc(C2NC(=O)NC(C(C)C)=C2C(=O)OC(C)C)c1OCc1cccc(Cl)c1. The summed E-state index contributed by atoms with van der Waals surface area (Å²) < 4.78 is 17.2. The van der Waals surface area contributed by atoms with Crippen LogP contribution in [0.2, 0.25) is 5.02 Å².